The van der Waals surface area contributed by atoms with Gasteiger partial charge in [0.1, 0.15) is 6.61 Å². The quantitative estimate of drug-likeness (QED) is 0.441. The van der Waals surface area contributed by atoms with Crippen LogP contribution in [0.4, 0.5) is 0 Å². The number of rotatable bonds is 8. The maximum Gasteiger partial charge on any atom is 0.189 e. The molecule has 3 rings (SSSR count). The van der Waals surface area contributed by atoms with E-state index in [9.17, 15) is 4.79 Å². The maximum atomic E-state index is 12.3. The minimum atomic E-state index is -0.0859. The topological polar surface area (TPSA) is 53.4 Å². The van der Waals surface area contributed by atoms with E-state index in [-0.39, 0.29) is 5.78 Å². The van der Waals surface area contributed by atoms with Crippen molar-refractivity contribution in [2.45, 2.75) is 20.1 Å². The largest absolute Gasteiger partial charge is 0.493 e. The third kappa shape index (κ3) is 4.85. The smallest absolute Gasteiger partial charge is 0.189 e. The van der Waals surface area contributed by atoms with Crippen LogP contribution in [0.2, 0.25) is 0 Å². The summed E-state index contributed by atoms with van der Waals surface area (Å²) in [5.74, 6) is 1.20. The molecule has 2 aromatic carbocycles. The summed E-state index contributed by atoms with van der Waals surface area (Å²) in [6.07, 6.45) is 6.63. The summed E-state index contributed by atoms with van der Waals surface area (Å²) < 4.78 is 13.0. The molecule has 138 valence electrons. The van der Waals surface area contributed by atoms with Crippen molar-refractivity contribution in [3.8, 4) is 11.5 Å². The molecule has 5 nitrogen and oxygen atoms in total. The SMILES string of the molecule is CCn1cc(C(=O)/C=C/c2ccc(OC)c(OCc3ccccc3)c2)cn1. The summed E-state index contributed by atoms with van der Waals surface area (Å²) in [5, 5.41) is 4.13. The average molecular weight is 362 g/mol. The number of methoxy groups -OCH3 is 1. The minimum Gasteiger partial charge on any atom is -0.493 e. The standard InChI is InChI=1S/C22H22N2O3/c1-3-24-15-19(14-23-24)20(25)11-9-17-10-12-21(26-2)22(13-17)27-16-18-7-5-4-6-8-18/h4-15H,3,16H2,1-2H3/b11-9+. The Morgan fingerprint density at radius 1 is 1.15 bits per heavy atom. The van der Waals surface area contributed by atoms with Gasteiger partial charge in [-0.3, -0.25) is 9.48 Å². The Balaban J connectivity index is 1.72. The molecule has 3 aromatic rings. The van der Waals surface area contributed by atoms with Crippen LogP contribution in [0.5, 0.6) is 11.5 Å². The van der Waals surface area contributed by atoms with Crippen molar-refractivity contribution < 1.29 is 14.3 Å². The van der Waals surface area contributed by atoms with Crippen LogP contribution in [0.15, 0.2) is 67.0 Å². The molecule has 1 aromatic heterocycles. The van der Waals surface area contributed by atoms with Gasteiger partial charge >= 0.3 is 0 Å². The predicted octanol–water partition coefficient (Wildman–Crippen LogP) is 4.39. The van der Waals surface area contributed by atoms with E-state index in [4.69, 9.17) is 9.47 Å². The van der Waals surface area contributed by atoms with Crippen molar-refractivity contribution in [1.82, 2.24) is 9.78 Å². The minimum absolute atomic E-state index is 0.0859. The molecule has 0 atom stereocenters. The van der Waals surface area contributed by atoms with Crippen LogP contribution in [0, 0.1) is 0 Å². The van der Waals surface area contributed by atoms with Gasteiger partial charge in [-0.25, -0.2) is 0 Å². The van der Waals surface area contributed by atoms with E-state index in [1.54, 1.807) is 36.3 Å². The zero-order chi connectivity index (χ0) is 19.1. The lowest BCUT2D eigenvalue weighted by molar-refractivity contribution is 0.104. The number of aryl methyl sites for hydroxylation is 1. The third-order valence-corrected chi connectivity index (χ3v) is 4.09. The number of carbonyl (C=O) groups is 1. The molecule has 1 heterocycles. The Kier molecular flexibility index (Phi) is 6.05. The van der Waals surface area contributed by atoms with Gasteiger partial charge in [0.05, 0.1) is 18.9 Å². The second-order valence-electron chi connectivity index (χ2n) is 5.97. The van der Waals surface area contributed by atoms with Gasteiger partial charge in [-0.15, -0.1) is 0 Å². The van der Waals surface area contributed by atoms with Crippen LogP contribution >= 0.6 is 0 Å². The number of aromatic nitrogens is 2. The van der Waals surface area contributed by atoms with Crippen molar-refractivity contribution in [2.75, 3.05) is 7.11 Å². The first kappa shape index (κ1) is 18.5. The first-order chi connectivity index (χ1) is 13.2. The molecule has 0 saturated heterocycles. The first-order valence-electron chi connectivity index (χ1n) is 8.79. The highest BCUT2D eigenvalue weighted by atomic mass is 16.5. The summed E-state index contributed by atoms with van der Waals surface area (Å²) in [5.41, 5.74) is 2.50. The fourth-order valence-electron chi connectivity index (χ4n) is 2.58. The molecule has 0 saturated carbocycles. The van der Waals surface area contributed by atoms with E-state index in [1.165, 1.54) is 0 Å². The van der Waals surface area contributed by atoms with E-state index in [0.29, 0.717) is 23.7 Å². The zero-order valence-electron chi connectivity index (χ0n) is 15.5. The van der Waals surface area contributed by atoms with Gasteiger partial charge < -0.3 is 9.47 Å². The molecular formula is C22H22N2O3. The molecule has 27 heavy (non-hydrogen) atoms. The monoisotopic (exact) mass is 362 g/mol. The molecule has 0 N–H and O–H groups in total. The van der Waals surface area contributed by atoms with Gasteiger partial charge in [-0.2, -0.15) is 5.10 Å². The number of hydrogen-bond donors (Lipinski definition) is 0. The Labute approximate surface area is 158 Å². The normalized spacial score (nSPS) is 10.9. The highest BCUT2D eigenvalue weighted by Gasteiger charge is 2.07. The number of ketones is 1. The Morgan fingerprint density at radius 3 is 2.67 bits per heavy atom. The van der Waals surface area contributed by atoms with E-state index < -0.39 is 0 Å². The van der Waals surface area contributed by atoms with E-state index in [1.807, 2.05) is 55.5 Å². The Hall–Kier alpha value is -3.34. The number of carbonyl (C=O) groups excluding carboxylic acids is 1. The molecule has 0 bridgehead atoms. The Morgan fingerprint density at radius 2 is 1.96 bits per heavy atom. The van der Waals surface area contributed by atoms with Crippen molar-refractivity contribution in [1.29, 1.82) is 0 Å². The Bertz CT molecular complexity index is 930. The lowest BCUT2D eigenvalue weighted by Gasteiger charge is -2.11. The van der Waals surface area contributed by atoms with Gasteiger partial charge in [0.2, 0.25) is 0 Å². The van der Waals surface area contributed by atoms with Gasteiger partial charge in [0.15, 0.2) is 17.3 Å². The van der Waals surface area contributed by atoms with Crippen LogP contribution in [0.1, 0.15) is 28.4 Å². The van der Waals surface area contributed by atoms with Crippen molar-refractivity contribution in [3.63, 3.8) is 0 Å². The molecule has 0 amide bonds. The summed E-state index contributed by atoms with van der Waals surface area (Å²) in [7, 11) is 1.61. The highest BCUT2D eigenvalue weighted by molar-refractivity contribution is 6.06. The molecule has 0 aliphatic carbocycles. The molecule has 0 aliphatic rings. The molecule has 0 fully saturated rings. The zero-order valence-corrected chi connectivity index (χ0v) is 15.5. The van der Waals surface area contributed by atoms with Crippen LogP contribution < -0.4 is 9.47 Å². The van der Waals surface area contributed by atoms with Gasteiger partial charge in [0.25, 0.3) is 0 Å². The fraction of sp³-hybridized carbons (Fsp3) is 0.182. The highest BCUT2D eigenvalue weighted by Crippen LogP contribution is 2.29. The van der Waals surface area contributed by atoms with Crippen molar-refractivity contribution in [2.24, 2.45) is 0 Å². The molecule has 5 heteroatoms. The van der Waals surface area contributed by atoms with Crippen LogP contribution in [0.25, 0.3) is 6.08 Å². The predicted molar refractivity (Wildman–Crippen MR) is 105 cm³/mol. The first-order valence-corrected chi connectivity index (χ1v) is 8.79. The number of ether oxygens (including phenoxy) is 2. The molecule has 0 spiro atoms. The van der Waals surface area contributed by atoms with E-state index in [0.717, 1.165) is 17.7 Å². The van der Waals surface area contributed by atoms with Gasteiger partial charge in [-0.05, 0) is 36.3 Å². The second-order valence-corrected chi connectivity index (χ2v) is 5.97. The van der Waals surface area contributed by atoms with Crippen LogP contribution in [0.3, 0.4) is 0 Å². The summed E-state index contributed by atoms with van der Waals surface area (Å²) >= 11 is 0. The number of allylic oxidation sites excluding steroid dienone is 1. The second kappa shape index (κ2) is 8.85. The molecule has 0 radical (unpaired) electrons. The summed E-state index contributed by atoms with van der Waals surface area (Å²) in [6, 6.07) is 15.5. The van der Waals surface area contributed by atoms with Crippen LogP contribution in [-0.2, 0) is 13.2 Å². The maximum absolute atomic E-state index is 12.3. The van der Waals surface area contributed by atoms with E-state index in [2.05, 4.69) is 5.10 Å². The van der Waals surface area contributed by atoms with Crippen molar-refractivity contribution >= 4 is 11.9 Å². The molecular weight excluding hydrogens is 340 g/mol. The fourth-order valence-corrected chi connectivity index (χ4v) is 2.58. The third-order valence-electron chi connectivity index (χ3n) is 4.09. The lowest BCUT2D eigenvalue weighted by Crippen LogP contribution is -1.98. The average Bonchev–Trinajstić information content (AvgIpc) is 3.20. The molecule has 0 unspecified atom stereocenters. The lowest BCUT2D eigenvalue weighted by atomic mass is 10.1. The van der Waals surface area contributed by atoms with Gasteiger partial charge in [-0.1, -0.05) is 42.5 Å². The number of benzene rings is 2. The van der Waals surface area contributed by atoms with Crippen molar-refractivity contribution in [3.05, 3.63) is 83.7 Å². The summed E-state index contributed by atoms with van der Waals surface area (Å²) in [6.45, 7) is 3.16. The number of hydrogen-bond acceptors (Lipinski definition) is 4. The van der Waals surface area contributed by atoms with Gasteiger partial charge in [0, 0.05) is 12.7 Å². The molecule has 0 aliphatic heterocycles. The van der Waals surface area contributed by atoms with Crippen LogP contribution in [-0.4, -0.2) is 22.7 Å². The van der Waals surface area contributed by atoms with E-state index >= 15 is 0 Å². The number of nitrogens with zero attached hydrogens (tertiary/aromatic N) is 2. The summed E-state index contributed by atoms with van der Waals surface area (Å²) in [4.78, 5) is 12.3.